The first-order valence-corrected chi connectivity index (χ1v) is 6.06. The molecular weight excluding hydrogens is 238 g/mol. The highest BCUT2D eigenvalue weighted by atomic mass is 15.2. The molecule has 0 radical (unpaired) electrons. The second-order valence-corrected chi connectivity index (χ2v) is 4.65. The first-order chi connectivity index (χ1) is 9.17. The molecule has 5 N–H and O–H groups in total. The SMILES string of the molecule is NC1=NC=CNC1(N)Cc1ccc2ncccc2c1. The molecule has 3 rings (SSSR count). The standard InChI is InChI=1S/C14H15N5/c15-13-14(16,19-7-6-18-13)9-10-3-4-12-11(8-10)2-1-5-17-12/h1-8,19H,9,16H2,(H2,15,18). The van der Waals surface area contributed by atoms with E-state index in [-0.39, 0.29) is 0 Å². The Hall–Kier alpha value is -2.40. The van der Waals surface area contributed by atoms with Crippen LogP contribution in [0.3, 0.4) is 0 Å². The van der Waals surface area contributed by atoms with Crippen molar-refractivity contribution in [3.63, 3.8) is 0 Å². The zero-order valence-electron chi connectivity index (χ0n) is 10.4. The molecule has 0 spiro atoms. The number of amidine groups is 1. The smallest absolute Gasteiger partial charge is 0.149 e. The van der Waals surface area contributed by atoms with E-state index in [0.29, 0.717) is 12.3 Å². The molecule has 1 aromatic carbocycles. The van der Waals surface area contributed by atoms with Gasteiger partial charge in [-0.1, -0.05) is 12.1 Å². The van der Waals surface area contributed by atoms with Gasteiger partial charge in [0.15, 0.2) is 0 Å². The molecule has 1 aromatic heterocycles. The summed E-state index contributed by atoms with van der Waals surface area (Å²) in [6, 6.07) is 10.0. The van der Waals surface area contributed by atoms with Crippen molar-refractivity contribution in [2.45, 2.75) is 12.1 Å². The van der Waals surface area contributed by atoms with E-state index in [1.807, 2.05) is 24.3 Å². The number of benzene rings is 1. The van der Waals surface area contributed by atoms with Gasteiger partial charge < -0.3 is 16.8 Å². The number of nitrogens with zero attached hydrogens (tertiary/aromatic N) is 2. The Balaban J connectivity index is 1.93. The Bertz CT molecular complexity index is 676. The molecule has 0 saturated carbocycles. The Morgan fingerprint density at radius 1 is 1.26 bits per heavy atom. The quantitative estimate of drug-likeness (QED) is 0.740. The van der Waals surface area contributed by atoms with E-state index >= 15 is 0 Å². The molecule has 0 fully saturated rings. The van der Waals surface area contributed by atoms with E-state index in [0.717, 1.165) is 16.5 Å². The van der Waals surface area contributed by atoms with Crippen molar-refractivity contribution in [1.29, 1.82) is 0 Å². The van der Waals surface area contributed by atoms with Crippen molar-refractivity contribution in [3.8, 4) is 0 Å². The lowest BCUT2D eigenvalue weighted by Gasteiger charge is -2.31. The van der Waals surface area contributed by atoms with Crippen LogP contribution in [0.2, 0.25) is 0 Å². The third kappa shape index (κ3) is 2.15. The highest BCUT2D eigenvalue weighted by Gasteiger charge is 2.30. The summed E-state index contributed by atoms with van der Waals surface area (Å²) >= 11 is 0. The van der Waals surface area contributed by atoms with E-state index in [1.165, 1.54) is 0 Å². The van der Waals surface area contributed by atoms with Gasteiger partial charge in [-0.2, -0.15) is 0 Å². The molecule has 5 heteroatoms. The molecular formula is C14H15N5. The van der Waals surface area contributed by atoms with E-state index in [9.17, 15) is 0 Å². The first-order valence-electron chi connectivity index (χ1n) is 6.06. The zero-order valence-corrected chi connectivity index (χ0v) is 10.4. The minimum absolute atomic E-state index is 0.390. The second-order valence-electron chi connectivity index (χ2n) is 4.65. The van der Waals surface area contributed by atoms with Gasteiger partial charge in [0, 0.05) is 30.4 Å². The van der Waals surface area contributed by atoms with Crippen molar-refractivity contribution in [2.24, 2.45) is 16.5 Å². The van der Waals surface area contributed by atoms with E-state index in [2.05, 4.69) is 21.4 Å². The summed E-state index contributed by atoms with van der Waals surface area (Å²) in [7, 11) is 0. The minimum Gasteiger partial charge on any atom is -0.384 e. The molecule has 5 nitrogen and oxygen atoms in total. The number of nitrogens with two attached hydrogens (primary N) is 2. The molecule has 0 amide bonds. The largest absolute Gasteiger partial charge is 0.384 e. The van der Waals surface area contributed by atoms with Crippen LogP contribution in [0, 0.1) is 0 Å². The number of hydrogen-bond acceptors (Lipinski definition) is 5. The Labute approximate surface area is 111 Å². The fourth-order valence-electron chi connectivity index (χ4n) is 2.19. The van der Waals surface area contributed by atoms with Gasteiger partial charge in [0.25, 0.3) is 0 Å². The predicted molar refractivity (Wildman–Crippen MR) is 76.3 cm³/mol. The maximum atomic E-state index is 6.24. The van der Waals surface area contributed by atoms with Crippen molar-refractivity contribution in [2.75, 3.05) is 0 Å². The number of fused-ring (bicyclic) bond motifs is 1. The summed E-state index contributed by atoms with van der Waals surface area (Å²) in [5.74, 6) is 0.390. The van der Waals surface area contributed by atoms with Crippen LogP contribution in [0.4, 0.5) is 0 Å². The average molecular weight is 253 g/mol. The molecule has 2 aromatic rings. The van der Waals surface area contributed by atoms with Gasteiger partial charge in [0.2, 0.25) is 0 Å². The van der Waals surface area contributed by atoms with E-state index in [1.54, 1.807) is 18.6 Å². The number of aliphatic imine (C=N–C) groups is 1. The lowest BCUT2D eigenvalue weighted by atomic mass is 9.97. The molecule has 0 aliphatic carbocycles. The summed E-state index contributed by atoms with van der Waals surface area (Å²) < 4.78 is 0. The van der Waals surface area contributed by atoms with Crippen LogP contribution >= 0.6 is 0 Å². The van der Waals surface area contributed by atoms with Gasteiger partial charge in [0.05, 0.1) is 5.52 Å². The van der Waals surface area contributed by atoms with Gasteiger partial charge in [0.1, 0.15) is 11.5 Å². The van der Waals surface area contributed by atoms with Gasteiger partial charge in [-0.05, 0) is 23.8 Å². The molecule has 1 aliphatic heterocycles. The van der Waals surface area contributed by atoms with Gasteiger partial charge in [-0.3, -0.25) is 4.98 Å². The van der Waals surface area contributed by atoms with Gasteiger partial charge in [-0.25, -0.2) is 4.99 Å². The highest BCUT2D eigenvalue weighted by molar-refractivity contribution is 5.91. The number of hydrogen-bond donors (Lipinski definition) is 3. The number of pyridine rings is 1. The number of nitrogens with one attached hydrogen (secondary N) is 1. The topological polar surface area (TPSA) is 89.3 Å². The molecule has 0 saturated heterocycles. The van der Waals surface area contributed by atoms with Crippen molar-refractivity contribution >= 4 is 16.7 Å². The van der Waals surface area contributed by atoms with Gasteiger partial charge in [-0.15, -0.1) is 0 Å². The molecule has 1 unspecified atom stereocenters. The van der Waals surface area contributed by atoms with E-state index < -0.39 is 5.66 Å². The van der Waals surface area contributed by atoms with Crippen molar-refractivity contribution < 1.29 is 0 Å². The summed E-state index contributed by atoms with van der Waals surface area (Å²) in [4.78, 5) is 8.35. The third-order valence-corrected chi connectivity index (χ3v) is 3.24. The van der Waals surface area contributed by atoms with Gasteiger partial charge >= 0.3 is 0 Å². The third-order valence-electron chi connectivity index (χ3n) is 3.24. The molecule has 0 bridgehead atoms. The monoisotopic (exact) mass is 253 g/mol. The molecule has 19 heavy (non-hydrogen) atoms. The van der Waals surface area contributed by atoms with Crippen molar-refractivity contribution in [3.05, 3.63) is 54.5 Å². The van der Waals surface area contributed by atoms with Crippen LogP contribution < -0.4 is 16.8 Å². The summed E-state index contributed by atoms with van der Waals surface area (Å²) in [6.45, 7) is 0. The first kappa shape index (κ1) is 11.7. The van der Waals surface area contributed by atoms with Crippen LogP contribution in [-0.4, -0.2) is 16.5 Å². The average Bonchev–Trinajstić information content (AvgIpc) is 2.42. The summed E-state index contributed by atoms with van der Waals surface area (Å²) in [5.41, 5.74) is 13.3. The van der Waals surface area contributed by atoms with Crippen LogP contribution in [0.5, 0.6) is 0 Å². The fourth-order valence-corrected chi connectivity index (χ4v) is 2.19. The summed E-state index contributed by atoms with van der Waals surface area (Å²) in [5, 5.41) is 4.16. The summed E-state index contributed by atoms with van der Waals surface area (Å²) in [6.07, 6.45) is 5.66. The number of rotatable bonds is 2. The van der Waals surface area contributed by atoms with Crippen molar-refractivity contribution in [1.82, 2.24) is 10.3 Å². The highest BCUT2D eigenvalue weighted by Crippen LogP contribution is 2.17. The maximum absolute atomic E-state index is 6.24. The van der Waals surface area contributed by atoms with E-state index in [4.69, 9.17) is 11.5 Å². The Kier molecular flexibility index (Phi) is 2.68. The zero-order chi connectivity index (χ0) is 13.3. The molecule has 2 heterocycles. The Morgan fingerprint density at radius 3 is 3.00 bits per heavy atom. The lowest BCUT2D eigenvalue weighted by Crippen LogP contribution is -2.63. The van der Waals surface area contributed by atoms with Crippen LogP contribution in [-0.2, 0) is 6.42 Å². The van der Waals surface area contributed by atoms with Crippen LogP contribution in [0.15, 0.2) is 53.9 Å². The van der Waals surface area contributed by atoms with Crippen LogP contribution in [0.25, 0.3) is 10.9 Å². The Morgan fingerprint density at radius 2 is 2.16 bits per heavy atom. The second kappa shape index (κ2) is 4.37. The maximum Gasteiger partial charge on any atom is 0.149 e. The number of aromatic nitrogens is 1. The predicted octanol–water partition coefficient (Wildman–Crippen LogP) is 0.864. The molecule has 96 valence electrons. The normalized spacial score (nSPS) is 22.1. The molecule has 1 atom stereocenters. The lowest BCUT2D eigenvalue weighted by molar-refractivity contribution is 0.495. The van der Waals surface area contributed by atoms with Crippen LogP contribution in [0.1, 0.15) is 5.56 Å². The fraction of sp³-hybridized carbons (Fsp3) is 0.143. The molecule has 1 aliphatic rings. The minimum atomic E-state index is -0.829.